The first-order chi connectivity index (χ1) is 20.4. The molecule has 5 rings (SSSR count). The van der Waals surface area contributed by atoms with Crippen LogP contribution in [0.2, 0.25) is 5.02 Å². The van der Waals surface area contributed by atoms with Crippen molar-refractivity contribution in [3.63, 3.8) is 0 Å². The minimum Gasteiger partial charge on any atom is -0.376 e. The van der Waals surface area contributed by atoms with E-state index in [0.29, 0.717) is 44.3 Å². The summed E-state index contributed by atoms with van der Waals surface area (Å²) in [5.41, 5.74) is 7.58. The molecular formula is C30H40ClF2N5O4S. The highest BCUT2D eigenvalue weighted by atomic mass is 35.5. The van der Waals surface area contributed by atoms with E-state index in [1.807, 2.05) is 13.8 Å². The molecular weight excluding hydrogens is 600 g/mol. The summed E-state index contributed by atoms with van der Waals surface area (Å²) < 4.78 is 62.9. The number of rotatable bonds is 8. The van der Waals surface area contributed by atoms with Gasteiger partial charge >= 0.3 is 0 Å². The number of sulfonamides is 1. The molecule has 2 bridgehead atoms. The molecule has 0 aliphatic carbocycles. The predicted molar refractivity (Wildman–Crippen MR) is 161 cm³/mol. The molecule has 236 valence electrons. The number of hydrogen-bond donors (Lipinski definition) is 3. The normalized spacial score (nSPS) is 30.2. The number of ether oxygens (including phenoxy) is 1. The summed E-state index contributed by atoms with van der Waals surface area (Å²) in [6.07, 6.45) is 5.51. The molecule has 1 aromatic carbocycles. The van der Waals surface area contributed by atoms with Crippen LogP contribution in [0, 0.1) is 17.6 Å². The first-order valence-electron chi connectivity index (χ1n) is 14.9. The van der Waals surface area contributed by atoms with E-state index in [-0.39, 0.29) is 58.7 Å². The standard InChI is InChI=1S/C30H40ClF2N5O4S/c1-17-10-20(11-18(2)42-17)28(19-5-8-24(31)25(32)12-19)29(34)30(39)37-27-15-35-14-26(33)23(27)7-6-22-13-36-21-4-3-9-43(40,41)38(22)16-21/h5,8,12,14-15,17-18,20-22,28-29,36H,3-4,6-7,9-11,13,16,34H2,1-2H3,(H,37,39)/t17-,18+,20?,21-,22+,28+,29+/m1/s1. The zero-order chi connectivity index (χ0) is 30.9. The fraction of sp³-hybridized carbons (Fsp3) is 0.600. The summed E-state index contributed by atoms with van der Waals surface area (Å²) in [7, 11) is -3.40. The predicted octanol–water partition coefficient (Wildman–Crippen LogP) is 3.97. The monoisotopic (exact) mass is 639 g/mol. The Bertz CT molecular complexity index is 1420. The maximum absolute atomic E-state index is 15.1. The molecule has 0 spiro atoms. The van der Waals surface area contributed by atoms with E-state index in [0.717, 1.165) is 12.6 Å². The van der Waals surface area contributed by atoms with E-state index in [2.05, 4.69) is 15.6 Å². The number of pyridine rings is 1. The molecule has 8 atom stereocenters. The van der Waals surface area contributed by atoms with Crippen LogP contribution in [0.5, 0.6) is 0 Å². The van der Waals surface area contributed by atoms with E-state index in [1.165, 1.54) is 18.3 Å². The molecule has 0 saturated carbocycles. The number of piperazine rings is 1. The van der Waals surface area contributed by atoms with Crippen molar-refractivity contribution in [2.24, 2.45) is 11.7 Å². The Hall–Kier alpha value is -2.22. The van der Waals surface area contributed by atoms with Crippen molar-refractivity contribution in [1.29, 1.82) is 0 Å². The Morgan fingerprint density at radius 3 is 2.70 bits per heavy atom. The number of hydrogen-bond acceptors (Lipinski definition) is 7. The van der Waals surface area contributed by atoms with Crippen LogP contribution >= 0.6 is 11.6 Å². The third-order valence-corrected chi connectivity index (χ3v) is 11.3. The molecule has 13 heteroatoms. The van der Waals surface area contributed by atoms with Gasteiger partial charge in [0.25, 0.3) is 0 Å². The first-order valence-corrected chi connectivity index (χ1v) is 16.9. The largest absolute Gasteiger partial charge is 0.376 e. The van der Waals surface area contributed by atoms with E-state index < -0.39 is 39.5 Å². The highest BCUT2D eigenvalue weighted by molar-refractivity contribution is 7.89. The third-order valence-electron chi connectivity index (χ3n) is 9.01. The Balaban J connectivity index is 1.36. The van der Waals surface area contributed by atoms with E-state index in [4.69, 9.17) is 22.1 Å². The second-order valence-corrected chi connectivity index (χ2v) is 14.6. The van der Waals surface area contributed by atoms with Gasteiger partial charge in [-0.1, -0.05) is 17.7 Å². The van der Waals surface area contributed by atoms with Crippen LogP contribution in [-0.2, 0) is 26.0 Å². The smallest absolute Gasteiger partial charge is 0.241 e. The average Bonchev–Trinajstić information content (AvgIpc) is 3.06. The van der Waals surface area contributed by atoms with Gasteiger partial charge in [0.05, 0.1) is 47.1 Å². The summed E-state index contributed by atoms with van der Waals surface area (Å²) in [5, 5.41) is 6.18. The van der Waals surface area contributed by atoms with E-state index in [9.17, 15) is 17.6 Å². The highest BCUT2D eigenvalue weighted by Gasteiger charge is 2.39. The minimum absolute atomic E-state index is 0.0265. The van der Waals surface area contributed by atoms with Gasteiger partial charge in [-0.3, -0.25) is 9.78 Å². The van der Waals surface area contributed by atoms with Gasteiger partial charge in [0.1, 0.15) is 11.6 Å². The summed E-state index contributed by atoms with van der Waals surface area (Å²) >= 11 is 5.95. The van der Waals surface area contributed by atoms with Gasteiger partial charge in [-0.05, 0) is 76.0 Å². The number of benzene rings is 1. The van der Waals surface area contributed by atoms with Crippen molar-refractivity contribution >= 4 is 33.2 Å². The number of aromatic nitrogens is 1. The lowest BCUT2D eigenvalue weighted by Crippen LogP contribution is -2.57. The second kappa shape index (κ2) is 13.4. The Morgan fingerprint density at radius 2 is 1.98 bits per heavy atom. The van der Waals surface area contributed by atoms with Gasteiger partial charge < -0.3 is 21.1 Å². The summed E-state index contributed by atoms with van der Waals surface area (Å²) in [4.78, 5) is 17.6. The van der Waals surface area contributed by atoms with Gasteiger partial charge in [0.15, 0.2) is 0 Å². The number of amides is 1. The summed E-state index contributed by atoms with van der Waals surface area (Å²) in [6.45, 7) is 4.79. The van der Waals surface area contributed by atoms with Crippen LogP contribution in [0.4, 0.5) is 14.5 Å². The van der Waals surface area contributed by atoms with Crippen LogP contribution < -0.4 is 16.4 Å². The topological polar surface area (TPSA) is 127 Å². The Kier molecular flexibility index (Phi) is 10.0. The van der Waals surface area contributed by atoms with Crippen LogP contribution in [0.1, 0.15) is 63.0 Å². The summed E-state index contributed by atoms with van der Waals surface area (Å²) in [6, 6.07) is 3.15. The van der Waals surface area contributed by atoms with E-state index in [1.54, 1.807) is 10.4 Å². The van der Waals surface area contributed by atoms with Crippen molar-refractivity contribution in [2.45, 2.75) is 88.6 Å². The van der Waals surface area contributed by atoms with Crippen LogP contribution in [0.15, 0.2) is 30.6 Å². The molecule has 9 nitrogen and oxygen atoms in total. The fourth-order valence-electron chi connectivity index (χ4n) is 7.00. The zero-order valence-corrected chi connectivity index (χ0v) is 26.0. The van der Waals surface area contributed by atoms with Crippen molar-refractivity contribution in [1.82, 2.24) is 14.6 Å². The van der Waals surface area contributed by atoms with Gasteiger partial charge in [-0.15, -0.1) is 0 Å². The molecule has 43 heavy (non-hydrogen) atoms. The molecule has 0 radical (unpaired) electrons. The molecule has 1 aromatic heterocycles. The van der Waals surface area contributed by atoms with Gasteiger partial charge in [-0.25, -0.2) is 17.2 Å². The molecule has 4 heterocycles. The third kappa shape index (κ3) is 7.37. The minimum atomic E-state index is -3.40. The number of halogens is 3. The lowest BCUT2D eigenvalue weighted by atomic mass is 9.74. The quantitative estimate of drug-likeness (QED) is 0.399. The number of carbonyl (C=O) groups excluding carboxylic acids is 1. The van der Waals surface area contributed by atoms with Gasteiger partial charge in [0, 0.05) is 36.7 Å². The van der Waals surface area contributed by atoms with Crippen molar-refractivity contribution in [3.8, 4) is 0 Å². The summed E-state index contributed by atoms with van der Waals surface area (Å²) in [5.74, 6) is -2.29. The maximum Gasteiger partial charge on any atom is 0.241 e. The molecule has 4 N–H and O–H groups in total. The van der Waals surface area contributed by atoms with Gasteiger partial charge in [-0.2, -0.15) is 4.31 Å². The first kappa shape index (κ1) is 32.2. The zero-order valence-electron chi connectivity index (χ0n) is 24.4. The number of anilines is 1. The molecule has 3 aliphatic heterocycles. The SMILES string of the molecule is C[C@@H]1CC([C@H](c2ccc(Cl)c(F)c2)[C@H](N)C(=O)Nc2cncc(F)c2CC[C@H]2CN[C@@H]3CCCS(=O)(=O)N2C3)C[C@H](C)O1. The van der Waals surface area contributed by atoms with Crippen LogP contribution in [0.25, 0.3) is 0 Å². The van der Waals surface area contributed by atoms with Crippen LogP contribution in [-0.4, -0.2) is 72.8 Å². The molecule has 3 saturated heterocycles. The molecule has 1 amide bonds. The number of fused-ring (bicyclic) bond motifs is 2. The molecule has 3 fully saturated rings. The van der Waals surface area contributed by atoms with Crippen LogP contribution in [0.3, 0.4) is 0 Å². The molecule has 2 unspecified atom stereocenters. The molecule has 2 aromatic rings. The molecule has 3 aliphatic rings. The Labute approximate surface area is 256 Å². The second-order valence-electron chi connectivity index (χ2n) is 12.2. The average molecular weight is 640 g/mol. The number of nitrogens with one attached hydrogen (secondary N) is 2. The van der Waals surface area contributed by atoms with Crippen molar-refractivity contribution < 1.29 is 26.7 Å². The van der Waals surface area contributed by atoms with Crippen molar-refractivity contribution in [3.05, 3.63) is 58.4 Å². The maximum atomic E-state index is 15.1. The number of nitrogens with zero attached hydrogens (tertiary/aromatic N) is 2. The van der Waals surface area contributed by atoms with E-state index >= 15 is 4.39 Å². The van der Waals surface area contributed by atoms with Crippen molar-refractivity contribution in [2.75, 3.05) is 24.2 Å². The number of nitrogens with two attached hydrogens (primary N) is 1. The fourth-order valence-corrected chi connectivity index (χ4v) is 8.93. The lowest BCUT2D eigenvalue weighted by Gasteiger charge is -2.39. The highest BCUT2D eigenvalue weighted by Crippen LogP contribution is 2.39. The lowest BCUT2D eigenvalue weighted by molar-refractivity contribution is -0.119. The Morgan fingerprint density at radius 1 is 1.23 bits per heavy atom. The van der Waals surface area contributed by atoms with Gasteiger partial charge in [0.2, 0.25) is 15.9 Å². The number of carbonyl (C=O) groups is 1.